The van der Waals surface area contributed by atoms with Crippen molar-refractivity contribution >= 4 is 10.0 Å². The van der Waals surface area contributed by atoms with Crippen LogP contribution in [0, 0.1) is 17.2 Å². The first-order chi connectivity index (χ1) is 5.93. The number of aliphatic hydroxyl groups is 1. The van der Waals surface area contributed by atoms with Gasteiger partial charge in [0.05, 0.1) is 12.7 Å². The standard InChI is InChI=1S/C7H14N2O3S/c1-6(2)7(5-10)9-13(11,12)4-3-8/h6-7,9-10H,4-5H2,1-2H3/t7-/m1/s1. The number of hydrogen-bond acceptors (Lipinski definition) is 4. The van der Waals surface area contributed by atoms with E-state index in [1.807, 2.05) is 0 Å². The Hall–Kier alpha value is -0.640. The Morgan fingerprint density at radius 1 is 1.54 bits per heavy atom. The van der Waals surface area contributed by atoms with E-state index in [1.165, 1.54) is 0 Å². The van der Waals surface area contributed by atoms with Gasteiger partial charge in [0, 0.05) is 6.04 Å². The van der Waals surface area contributed by atoms with Gasteiger partial charge in [-0.3, -0.25) is 0 Å². The van der Waals surface area contributed by atoms with Crippen LogP contribution in [0.15, 0.2) is 0 Å². The number of sulfonamides is 1. The van der Waals surface area contributed by atoms with E-state index in [9.17, 15) is 8.42 Å². The molecule has 0 bridgehead atoms. The molecule has 6 heteroatoms. The zero-order valence-corrected chi connectivity index (χ0v) is 8.50. The van der Waals surface area contributed by atoms with Gasteiger partial charge < -0.3 is 5.11 Å². The molecule has 5 nitrogen and oxygen atoms in total. The molecule has 2 N–H and O–H groups in total. The van der Waals surface area contributed by atoms with Gasteiger partial charge in [-0.2, -0.15) is 5.26 Å². The third-order valence-corrected chi connectivity index (χ3v) is 2.76. The van der Waals surface area contributed by atoms with Crippen molar-refractivity contribution in [2.24, 2.45) is 5.92 Å². The Balaban J connectivity index is 4.33. The molecule has 0 radical (unpaired) electrons. The lowest BCUT2D eigenvalue weighted by atomic mass is 10.1. The molecule has 0 fully saturated rings. The summed E-state index contributed by atoms with van der Waals surface area (Å²) < 4.78 is 24.4. The maximum absolute atomic E-state index is 11.1. The van der Waals surface area contributed by atoms with Gasteiger partial charge in [-0.05, 0) is 5.92 Å². The van der Waals surface area contributed by atoms with Crippen LogP contribution in [-0.2, 0) is 10.0 Å². The number of nitriles is 1. The van der Waals surface area contributed by atoms with E-state index in [2.05, 4.69) is 4.72 Å². The Morgan fingerprint density at radius 3 is 2.38 bits per heavy atom. The maximum atomic E-state index is 11.1. The SMILES string of the molecule is CC(C)[C@@H](CO)NS(=O)(=O)CC#N. The summed E-state index contributed by atoms with van der Waals surface area (Å²) in [6.45, 7) is 3.31. The number of hydrogen-bond donors (Lipinski definition) is 2. The van der Waals surface area contributed by atoms with Crippen molar-refractivity contribution in [3.05, 3.63) is 0 Å². The average molecular weight is 206 g/mol. The van der Waals surface area contributed by atoms with Gasteiger partial charge in [-0.15, -0.1) is 0 Å². The molecule has 0 aromatic rings. The molecule has 0 aliphatic heterocycles. The van der Waals surface area contributed by atoms with Crippen LogP contribution in [0.25, 0.3) is 0 Å². The van der Waals surface area contributed by atoms with Gasteiger partial charge >= 0.3 is 0 Å². The molecule has 76 valence electrons. The van der Waals surface area contributed by atoms with E-state index in [1.54, 1.807) is 19.9 Å². The summed E-state index contributed by atoms with van der Waals surface area (Å²) in [7, 11) is -3.56. The highest BCUT2D eigenvalue weighted by atomic mass is 32.2. The summed E-state index contributed by atoms with van der Waals surface area (Å²) in [6.07, 6.45) is 0. The first-order valence-corrected chi connectivity index (χ1v) is 5.56. The Labute approximate surface area is 78.4 Å². The van der Waals surface area contributed by atoms with E-state index < -0.39 is 21.8 Å². The average Bonchev–Trinajstić information content (AvgIpc) is 1.99. The zero-order valence-electron chi connectivity index (χ0n) is 7.69. The molecule has 0 spiro atoms. The summed E-state index contributed by atoms with van der Waals surface area (Å²) >= 11 is 0. The second kappa shape index (κ2) is 5.17. The van der Waals surface area contributed by atoms with Crippen LogP contribution in [0.3, 0.4) is 0 Å². The maximum Gasteiger partial charge on any atom is 0.225 e. The monoisotopic (exact) mass is 206 g/mol. The van der Waals surface area contributed by atoms with Crippen molar-refractivity contribution in [1.82, 2.24) is 4.72 Å². The van der Waals surface area contributed by atoms with Crippen LogP contribution in [0.2, 0.25) is 0 Å². The van der Waals surface area contributed by atoms with Crippen molar-refractivity contribution < 1.29 is 13.5 Å². The summed E-state index contributed by atoms with van der Waals surface area (Å²) in [5, 5.41) is 17.0. The van der Waals surface area contributed by atoms with E-state index in [4.69, 9.17) is 10.4 Å². The van der Waals surface area contributed by atoms with Crippen molar-refractivity contribution in [2.45, 2.75) is 19.9 Å². The normalized spacial score (nSPS) is 14.1. The van der Waals surface area contributed by atoms with Gasteiger partial charge in [-0.25, -0.2) is 13.1 Å². The van der Waals surface area contributed by atoms with E-state index in [0.717, 1.165) is 0 Å². The van der Waals surface area contributed by atoms with Gasteiger partial charge in [-0.1, -0.05) is 13.8 Å². The highest BCUT2D eigenvalue weighted by Crippen LogP contribution is 2.02. The lowest BCUT2D eigenvalue weighted by Gasteiger charge is -2.18. The minimum Gasteiger partial charge on any atom is -0.395 e. The second-order valence-corrected chi connectivity index (χ2v) is 4.82. The minimum absolute atomic E-state index is 0.00142. The van der Waals surface area contributed by atoms with Crippen LogP contribution in [0.5, 0.6) is 0 Å². The Kier molecular flexibility index (Phi) is 4.91. The first-order valence-electron chi connectivity index (χ1n) is 3.90. The minimum atomic E-state index is -3.56. The molecule has 1 atom stereocenters. The van der Waals surface area contributed by atoms with E-state index >= 15 is 0 Å². The number of nitrogens with one attached hydrogen (secondary N) is 1. The Bertz CT molecular complexity index is 279. The summed E-state index contributed by atoms with van der Waals surface area (Å²) in [4.78, 5) is 0. The van der Waals surface area contributed by atoms with Gasteiger partial charge in [0.2, 0.25) is 10.0 Å². The van der Waals surface area contributed by atoms with Crippen LogP contribution in [0.4, 0.5) is 0 Å². The first kappa shape index (κ1) is 12.4. The molecule has 13 heavy (non-hydrogen) atoms. The highest BCUT2D eigenvalue weighted by molar-refractivity contribution is 7.89. The van der Waals surface area contributed by atoms with E-state index in [0.29, 0.717) is 0 Å². The lowest BCUT2D eigenvalue weighted by Crippen LogP contribution is -2.41. The predicted octanol–water partition coefficient (Wildman–Crippen LogP) is -0.554. The van der Waals surface area contributed by atoms with E-state index in [-0.39, 0.29) is 12.5 Å². The fraction of sp³-hybridized carbons (Fsp3) is 0.857. The van der Waals surface area contributed by atoms with Gasteiger partial charge in [0.25, 0.3) is 0 Å². The number of nitrogens with zero attached hydrogens (tertiary/aromatic N) is 1. The molecule has 0 saturated heterocycles. The summed E-state index contributed by atoms with van der Waals surface area (Å²) in [5.74, 6) is -0.575. The van der Waals surface area contributed by atoms with Crippen LogP contribution >= 0.6 is 0 Å². The van der Waals surface area contributed by atoms with Gasteiger partial charge in [0.15, 0.2) is 5.75 Å². The topological polar surface area (TPSA) is 90.2 Å². The number of rotatable bonds is 5. The molecular weight excluding hydrogens is 192 g/mol. The molecule has 0 saturated carbocycles. The molecule has 0 heterocycles. The molecule has 0 aliphatic rings. The van der Waals surface area contributed by atoms with Gasteiger partial charge in [0.1, 0.15) is 0 Å². The Morgan fingerprint density at radius 2 is 2.08 bits per heavy atom. The molecule has 0 rings (SSSR count). The smallest absolute Gasteiger partial charge is 0.225 e. The fourth-order valence-electron chi connectivity index (χ4n) is 0.741. The summed E-state index contributed by atoms with van der Waals surface area (Å²) in [6, 6.07) is 1.03. The van der Waals surface area contributed by atoms with Crippen LogP contribution < -0.4 is 4.72 Å². The molecule has 0 unspecified atom stereocenters. The van der Waals surface area contributed by atoms with Crippen molar-refractivity contribution in [1.29, 1.82) is 5.26 Å². The predicted molar refractivity (Wildman–Crippen MR) is 48.2 cm³/mol. The highest BCUT2D eigenvalue weighted by Gasteiger charge is 2.19. The van der Waals surface area contributed by atoms with Crippen LogP contribution in [0.1, 0.15) is 13.8 Å². The molecule has 0 aromatic carbocycles. The molecule has 0 aliphatic carbocycles. The molecule has 0 aromatic heterocycles. The number of aliphatic hydroxyl groups excluding tert-OH is 1. The largest absolute Gasteiger partial charge is 0.395 e. The quantitative estimate of drug-likeness (QED) is 0.631. The zero-order chi connectivity index (χ0) is 10.5. The fourth-order valence-corrected chi connectivity index (χ4v) is 1.80. The van der Waals surface area contributed by atoms with Crippen molar-refractivity contribution in [2.75, 3.05) is 12.4 Å². The summed E-state index contributed by atoms with van der Waals surface area (Å²) in [5.41, 5.74) is 0. The van der Waals surface area contributed by atoms with Crippen molar-refractivity contribution in [3.63, 3.8) is 0 Å². The second-order valence-electron chi connectivity index (χ2n) is 3.07. The third-order valence-electron chi connectivity index (χ3n) is 1.59. The molecular formula is C7H14N2O3S. The van der Waals surface area contributed by atoms with Crippen molar-refractivity contribution in [3.8, 4) is 6.07 Å². The lowest BCUT2D eigenvalue weighted by molar-refractivity contribution is 0.228. The molecule has 0 amide bonds. The van der Waals surface area contributed by atoms with Crippen LogP contribution in [-0.4, -0.2) is 31.9 Å². The third kappa shape index (κ3) is 4.83.